The number of hydrogen-bond donors (Lipinski definition) is 3. The molecule has 0 amide bonds. The Kier molecular flexibility index (Phi) is 6.46. The first kappa shape index (κ1) is 25.0. The number of hydrogen-bond acceptors (Lipinski definition) is 4. The number of rotatable bonds is 3. The lowest BCUT2D eigenvalue weighted by Gasteiger charge is -2.40. The lowest BCUT2D eigenvalue weighted by atomic mass is 9.65. The summed E-state index contributed by atoms with van der Waals surface area (Å²) in [6, 6.07) is 17.8. The number of nitrogens with one attached hydrogen (secondary N) is 1. The molecule has 0 aliphatic heterocycles. The van der Waals surface area contributed by atoms with Gasteiger partial charge in [0.15, 0.2) is 5.82 Å². The van der Waals surface area contributed by atoms with Gasteiger partial charge >= 0.3 is 5.97 Å². The van der Waals surface area contributed by atoms with E-state index in [9.17, 15) is 13.6 Å². The van der Waals surface area contributed by atoms with E-state index in [-0.39, 0.29) is 11.4 Å². The first-order chi connectivity index (χ1) is 18.9. The minimum Gasteiger partial charge on any atom is -0.481 e. The van der Waals surface area contributed by atoms with E-state index in [2.05, 4.69) is 15.0 Å². The van der Waals surface area contributed by atoms with Crippen molar-refractivity contribution in [2.45, 2.75) is 32.1 Å². The fourth-order valence-corrected chi connectivity index (χ4v) is 6.10. The number of carbonyl (C=O) groups is 1. The van der Waals surface area contributed by atoms with Crippen LogP contribution in [0.15, 0.2) is 66.9 Å². The summed E-state index contributed by atoms with van der Waals surface area (Å²) >= 11 is 0. The zero-order chi connectivity index (χ0) is 27.1. The maximum Gasteiger partial charge on any atom is 0.306 e. The van der Waals surface area contributed by atoms with Crippen molar-refractivity contribution in [3.63, 3.8) is 0 Å². The van der Waals surface area contributed by atoms with Gasteiger partial charge < -0.3 is 15.8 Å². The molecule has 3 aliphatic carbocycles. The van der Waals surface area contributed by atoms with Gasteiger partial charge in [-0.15, -0.1) is 0 Å². The van der Waals surface area contributed by atoms with Crippen molar-refractivity contribution in [1.82, 2.24) is 15.0 Å². The summed E-state index contributed by atoms with van der Waals surface area (Å²) in [6.07, 6.45) is 7.43. The molecule has 1 atom stereocenters. The minimum atomic E-state index is -0.665. The topological polar surface area (TPSA) is 105 Å². The Morgan fingerprint density at radius 2 is 1.69 bits per heavy atom. The molecule has 0 spiro atoms. The summed E-state index contributed by atoms with van der Waals surface area (Å²) in [4.78, 5) is 22.5. The zero-order valence-corrected chi connectivity index (χ0v) is 21.2. The van der Waals surface area contributed by atoms with E-state index in [1.807, 2.05) is 48.5 Å². The van der Waals surface area contributed by atoms with Crippen LogP contribution in [-0.4, -0.2) is 26.0 Å². The van der Waals surface area contributed by atoms with Crippen molar-refractivity contribution >= 4 is 33.6 Å². The second kappa shape index (κ2) is 10.1. The van der Waals surface area contributed by atoms with Crippen molar-refractivity contribution < 1.29 is 18.7 Å². The number of anilines is 1. The third-order valence-electron chi connectivity index (χ3n) is 8.15. The smallest absolute Gasteiger partial charge is 0.306 e. The zero-order valence-electron chi connectivity index (χ0n) is 21.2. The number of nitrogen functional groups attached to an aromatic ring is 1. The largest absolute Gasteiger partial charge is 0.481 e. The summed E-state index contributed by atoms with van der Waals surface area (Å²) < 4.78 is 27.7. The van der Waals surface area contributed by atoms with Gasteiger partial charge in [0.1, 0.15) is 17.5 Å². The van der Waals surface area contributed by atoms with Crippen molar-refractivity contribution in [2.24, 2.45) is 17.8 Å². The monoisotopic (exact) mass is 526 g/mol. The highest BCUT2D eigenvalue weighted by Gasteiger charge is 2.39. The maximum absolute atomic E-state index is 14.0. The van der Waals surface area contributed by atoms with Gasteiger partial charge in [0.2, 0.25) is 0 Å². The van der Waals surface area contributed by atoms with Crippen LogP contribution in [0.3, 0.4) is 0 Å². The highest BCUT2D eigenvalue weighted by molar-refractivity contribution is 5.97. The molecule has 3 aromatic carbocycles. The van der Waals surface area contributed by atoms with E-state index in [1.54, 1.807) is 6.20 Å². The Labute approximate surface area is 223 Å². The van der Waals surface area contributed by atoms with Crippen molar-refractivity contribution in [2.75, 3.05) is 5.73 Å². The molecule has 39 heavy (non-hydrogen) atoms. The number of carboxylic acids is 1. The van der Waals surface area contributed by atoms with Crippen LogP contribution >= 0.6 is 0 Å². The van der Waals surface area contributed by atoms with E-state index in [0.717, 1.165) is 34.9 Å². The number of fused-ring (bicyclic) bond motifs is 5. The van der Waals surface area contributed by atoms with Crippen LogP contribution in [0.4, 0.5) is 14.6 Å². The van der Waals surface area contributed by atoms with Crippen LogP contribution in [0.5, 0.6) is 0 Å². The van der Waals surface area contributed by atoms with Gasteiger partial charge in [-0.1, -0.05) is 49.2 Å². The van der Waals surface area contributed by atoms with Gasteiger partial charge in [0, 0.05) is 28.6 Å². The Morgan fingerprint density at radius 3 is 2.36 bits per heavy atom. The van der Waals surface area contributed by atoms with Gasteiger partial charge in [-0.05, 0) is 60.4 Å². The number of benzene rings is 3. The summed E-state index contributed by atoms with van der Waals surface area (Å²) in [6.45, 7) is 0. The van der Waals surface area contributed by atoms with Gasteiger partial charge in [-0.2, -0.15) is 0 Å². The van der Waals surface area contributed by atoms with E-state index >= 15 is 0 Å². The first-order valence-electron chi connectivity index (χ1n) is 13.2. The molecule has 2 bridgehead atoms. The van der Waals surface area contributed by atoms with E-state index in [1.165, 1.54) is 31.7 Å². The molecule has 6 nitrogen and oxygen atoms in total. The van der Waals surface area contributed by atoms with Crippen LogP contribution in [-0.2, 0) is 4.79 Å². The average Bonchev–Trinajstić information content (AvgIpc) is 3.38. The SMILES string of the molecule is Nc1nc(-c2c[nH]c3c(F)cc(F)cc23)nc2cc(-c3ccccc3)ccc12.O=C(O)C1CC2CCC1CC2. The molecule has 2 aromatic heterocycles. The molecular formula is C31H28F2N4O2. The molecule has 3 fully saturated rings. The molecule has 8 heteroatoms. The number of halogens is 2. The predicted octanol–water partition coefficient (Wildman–Crippen LogP) is 7.20. The van der Waals surface area contributed by atoms with Gasteiger partial charge in [0.05, 0.1) is 17.0 Å². The summed E-state index contributed by atoms with van der Waals surface area (Å²) in [5.41, 5.74) is 9.56. The molecule has 198 valence electrons. The van der Waals surface area contributed by atoms with Crippen molar-refractivity contribution in [1.29, 1.82) is 0 Å². The molecule has 0 saturated heterocycles. The summed E-state index contributed by atoms with van der Waals surface area (Å²) in [5.74, 6) is -0.00912. The van der Waals surface area contributed by atoms with Crippen LogP contribution in [0.2, 0.25) is 0 Å². The fraction of sp³-hybridized carbons (Fsp3) is 0.258. The van der Waals surface area contributed by atoms with Gasteiger partial charge in [-0.3, -0.25) is 4.79 Å². The van der Waals surface area contributed by atoms with Crippen LogP contribution < -0.4 is 5.73 Å². The second-order valence-corrected chi connectivity index (χ2v) is 10.5. The maximum atomic E-state index is 14.0. The second-order valence-electron chi connectivity index (χ2n) is 10.5. The van der Waals surface area contributed by atoms with Crippen molar-refractivity contribution in [3.05, 3.63) is 78.5 Å². The average molecular weight is 527 g/mol. The molecule has 4 N–H and O–H groups in total. The molecule has 5 aromatic rings. The molecule has 0 radical (unpaired) electrons. The molecule has 3 aliphatic rings. The Morgan fingerprint density at radius 1 is 0.923 bits per heavy atom. The van der Waals surface area contributed by atoms with Crippen LogP contribution in [0.1, 0.15) is 32.1 Å². The van der Waals surface area contributed by atoms with Crippen LogP contribution in [0.25, 0.3) is 44.3 Å². The normalized spacial score (nSPS) is 20.1. The fourth-order valence-electron chi connectivity index (χ4n) is 6.10. The Hall–Kier alpha value is -4.33. The first-order valence-corrected chi connectivity index (χ1v) is 13.2. The number of aliphatic carboxylic acids is 1. The molecule has 8 rings (SSSR count). The number of carboxylic acid groups (broad SMARTS) is 1. The van der Waals surface area contributed by atoms with Gasteiger partial charge in [-0.25, -0.2) is 18.7 Å². The quantitative estimate of drug-likeness (QED) is 0.231. The van der Waals surface area contributed by atoms with Crippen molar-refractivity contribution in [3.8, 4) is 22.5 Å². The molecular weight excluding hydrogens is 498 g/mol. The number of aromatic nitrogens is 3. The highest BCUT2D eigenvalue weighted by atomic mass is 19.1. The highest BCUT2D eigenvalue weighted by Crippen LogP contribution is 2.44. The number of aromatic amines is 1. The number of nitrogens with two attached hydrogens (primary N) is 1. The molecule has 2 heterocycles. The van der Waals surface area contributed by atoms with Crippen LogP contribution in [0, 0.1) is 29.4 Å². The summed E-state index contributed by atoms with van der Waals surface area (Å²) in [7, 11) is 0. The lowest BCUT2D eigenvalue weighted by Crippen LogP contribution is -2.35. The predicted molar refractivity (Wildman–Crippen MR) is 148 cm³/mol. The molecule has 3 saturated carbocycles. The number of H-pyrrole nitrogens is 1. The summed E-state index contributed by atoms with van der Waals surface area (Å²) in [5, 5.41) is 9.95. The van der Waals surface area contributed by atoms with E-state index in [0.29, 0.717) is 34.0 Å². The third-order valence-corrected chi connectivity index (χ3v) is 8.15. The molecule has 1 unspecified atom stereocenters. The standard InChI is InChI=1S/C22H14F2N4.C9H14O2/c23-14-9-16-17(11-26-20(16)18(24)10-14)22-27-19-8-13(12-4-2-1-3-5-12)6-7-15(19)21(25)28-22;10-9(11)8-5-6-1-3-7(8)4-2-6/h1-11,26H,(H2,25,27,28);6-8H,1-5H2,(H,10,11). The van der Waals surface area contributed by atoms with E-state index in [4.69, 9.17) is 10.8 Å². The lowest BCUT2D eigenvalue weighted by molar-refractivity contribution is -0.147. The van der Waals surface area contributed by atoms with E-state index < -0.39 is 17.6 Å². The third kappa shape index (κ3) is 4.82. The van der Waals surface area contributed by atoms with Gasteiger partial charge in [0.25, 0.3) is 0 Å². The Bertz CT molecular complexity index is 1680. The Balaban J connectivity index is 0.000000210. The number of nitrogens with zero attached hydrogens (tertiary/aromatic N) is 2. The minimum absolute atomic E-state index is 0.00231.